The minimum absolute atomic E-state index is 0.0102. The summed E-state index contributed by atoms with van der Waals surface area (Å²) < 4.78 is 11.1. The van der Waals surface area contributed by atoms with Gasteiger partial charge in [-0.05, 0) is 29.1 Å². The predicted octanol–water partition coefficient (Wildman–Crippen LogP) is 3.49. The van der Waals surface area contributed by atoms with Crippen LogP contribution in [0.2, 0.25) is 5.02 Å². The molecule has 0 saturated carbocycles. The van der Waals surface area contributed by atoms with Crippen molar-refractivity contribution in [3.8, 4) is 5.75 Å². The highest BCUT2D eigenvalue weighted by atomic mass is 35.5. The first kappa shape index (κ1) is 16.3. The molecule has 0 N–H and O–H groups in total. The van der Waals surface area contributed by atoms with Crippen molar-refractivity contribution in [1.82, 2.24) is 4.90 Å². The van der Waals surface area contributed by atoms with E-state index < -0.39 is 0 Å². The molecule has 122 valence electrons. The first-order valence-electron chi connectivity index (χ1n) is 7.44. The highest BCUT2D eigenvalue weighted by molar-refractivity contribution is 7.12. The Morgan fingerprint density at radius 2 is 2.35 bits per heavy atom. The molecule has 0 unspecified atom stereocenters. The highest BCUT2D eigenvalue weighted by Gasteiger charge is 2.27. The number of nitrogens with zero attached hydrogens (tertiary/aromatic N) is 1. The van der Waals surface area contributed by atoms with Crippen LogP contribution >= 0.6 is 22.9 Å². The van der Waals surface area contributed by atoms with Crippen molar-refractivity contribution in [2.75, 3.05) is 26.8 Å². The van der Waals surface area contributed by atoms with Crippen LogP contribution in [0.25, 0.3) is 0 Å². The minimum Gasteiger partial charge on any atom is -0.497 e. The molecular formula is C17H18ClNO3S. The van der Waals surface area contributed by atoms with Crippen LogP contribution in [-0.4, -0.2) is 43.7 Å². The quantitative estimate of drug-likeness (QED) is 0.846. The molecule has 1 aromatic heterocycles. The van der Waals surface area contributed by atoms with Gasteiger partial charge in [0.25, 0.3) is 5.91 Å². The van der Waals surface area contributed by atoms with Gasteiger partial charge < -0.3 is 14.4 Å². The molecule has 0 spiro atoms. The van der Waals surface area contributed by atoms with Gasteiger partial charge in [-0.2, -0.15) is 0 Å². The molecule has 6 heteroatoms. The van der Waals surface area contributed by atoms with E-state index in [0.29, 0.717) is 29.6 Å². The van der Waals surface area contributed by atoms with Crippen molar-refractivity contribution < 1.29 is 14.3 Å². The smallest absolute Gasteiger partial charge is 0.265 e. The number of carbonyl (C=O) groups is 1. The molecule has 23 heavy (non-hydrogen) atoms. The summed E-state index contributed by atoms with van der Waals surface area (Å²) in [5.74, 6) is 0.820. The number of rotatable bonds is 4. The molecule has 4 nitrogen and oxygen atoms in total. The van der Waals surface area contributed by atoms with Gasteiger partial charge in [0, 0.05) is 19.5 Å². The van der Waals surface area contributed by atoms with E-state index in [1.165, 1.54) is 11.3 Å². The van der Waals surface area contributed by atoms with Crippen molar-refractivity contribution in [3.05, 3.63) is 51.2 Å². The van der Waals surface area contributed by atoms with Crippen LogP contribution in [0.1, 0.15) is 15.2 Å². The van der Waals surface area contributed by atoms with Gasteiger partial charge in [0.05, 0.1) is 24.8 Å². The zero-order valence-electron chi connectivity index (χ0n) is 12.8. The summed E-state index contributed by atoms with van der Waals surface area (Å²) in [5, 5.41) is 2.36. The standard InChI is InChI=1S/C17H18ClNO3S/c1-21-13-4-2-3-12(9-13)10-14-11-19(6-7-22-14)17(20)16-15(18)5-8-23-16/h2-5,8-9,14H,6-7,10-11H2,1H3/t14-/m0/s1. The molecule has 0 aliphatic carbocycles. The molecule has 3 rings (SSSR count). The van der Waals surface area contributed by atoms with Crippen LogP contribution in [0.15, 0.2) is 35.7 Å². The highest BCUT2D eigenvalue weighted by Crippen LogP contribution is 2.25. The van der Waals surface area contributed by atoms with Gasteiger partial charge in [-0.1, -0.05) is 23.7 Å². The number of thiophene rings is 1. The van der Waals surface area contributed by atoms with Crippen LogP contribution in [0.5, 0.6) is 5.75 Å². The van der Waals surface area contributed by atoms with Gasteiger partial charge in [-0.15, -0.1) is 11.3 Å². The zero-order chi connectivity index (χ0) is 16.2. The van der Waals surface area contributed by atoms with Crippen molar-refractivity contribution in [1.29, 1.82) is 0 Å². The normalized spacial score (nSPS) is 18.0. The van der Waals surface area contributed by atoms with Crippen molar-refractivity contribution in [2.45, 2.75) is 12.5 Å². The average molecular weight is 352 g/mol. The number of hydrogen-bond donors (Lipinski definition) is 0. The largest absolute Gasteiger partial charge is 0.497 e. The number of amides is 1. The second kappa shape index (κ2) is 7.34. The van der Waals surface area contributed by atoms with Crippen molar-refractivity contribution >= 4 is 28.8 Å². The summed E-state index contributed by atoms with van der Waals surface area (Å²) >= 11 is 7.45. The summed E-state index contributed by atoms with van der Waals surface area (Å²) in [4.78, 5) is 15.0. The summed E-state index contributed by atoms with van der Waals surface area (Å²) in [6.45, 7) is 1.72. The maximum atomic E-state index is 12.6. The SMILES string of the molecule is COc1cccc(C[C@H]2CN(C(=O)c3sccc3Cl)CCO2)c1. The Kier molecular flexibility index (Phi) is 5.20. The number of methoxy groups -OCH3 is 1. The zero-order valence-corrected chi connectivity index (χ0v) is 14.4. The fourth-order valence-corrected chi connectivity index (χ4v) is 3.78. The van der Waals surface area contributed by atoms with E-state index in [1.54, 1.807) is 13.2 Å². The molecule has 0 bridgehead atoms. The van der Waals surface area contributed by atoms with Crippen LogP contribution in [0.4, 0.5) is 0 Å². The van der Waals surface area contributed by atoms with E-state index >= 15 is 0 Å². The molecule has 1 amide bonds. The molecular weight excluding hydrogens is 334 g/mol. The lowest BCUT2D eigenvalue weighted by Crippen LogP contribution is -2.46. The Morgan fingerprint density at radius 1 is 1.48 bits per heavy atom. The molecule has 2 heterocycles. The van der Waals surface area contributed by atoms with Crippen LogP contribution in [-0.2, 0) is 11.2 Å². The Balaban J connectivity index is 1.66. The van der Waals surface area contributed by atoms with Gasteiger partial charge in [-0.3, -0.25) is 4.79 Å². The van der Waals surface area contributed by atoms with Crippen LogP contribution in [0.3, 0.4) is 0 Å². The molecule has 1 aliphatic rings. The van der Waals surface area contributed by atoms with Gasteiger partial charge >= 0.3 is 0 Å². The van der Waals surface area contributed by atoms with E-state index in [-0.39, 0.29) is 12.0 Å². The van der Waals surface area contributed by atoms with E-state index in [4.69, 9.17) is 21.1 Å². The molecule has 1 aromatic carbocycles. The summed E-state index contributed by atoms with van der Waals surface area (Å²) in [7, 11) is 1.65. The van der Waals surface area contributed by atoms with E-state index in [1.807, 2.05) is 34.5 Å². The summed E-state index contributed by atoms with van der Waals surface area (Å²) in [6, 6.07) is 9.68. The fourth-order valence-electron chi connectivity index (χ4n) is 2.68. The van der Waals surface area contributed by atoms with Gasteiger partial charge in [0.15, 0.2) is 0 Å². The molecule has 1 atom stereocenters. The van der Waals surface area contributed by atoms with E-state index in [9.17, 15) is 4.79 Å². The first-order chi connectivity index (χ1) is 11.2. The number of morpholine rings is 1. The molecule has 0 radical (unpaired) electrons. The van der Waals surface area contributed by atoms with Gasteiger partial charge in [0.2, 0.25) is 0 Å². The Morgan fingerprint density at radius 3 is 3.09 bits per heavy atom. The number of ether oxygens (including phenoxy) is 2. The number of carbonyl (C=O) groups excluding carboxylic acids is 1. The predicted molar refractivity (Wildman–Crippen MR) is 91.7 cm³/mol. The van der Waals surface area contributed by atoms with Crippen LogP contribution < -0.4 is 4.74 Å². The second-order valence-electron chi connectivity index (χ2n) is 5.40. The lowest BCUT2D eigenvalue weighted by atomic mass is 10.1. The Bertz CT molecular complexity index is 688. The molecule has 1 saturated heterocycles. The summed E-state index contributed by atoms with van der Waals surface area (Å²) in [5.41, 5.74) is 1.14. The lowest BCUT2D eigenvalue weighted by molar-refractivity contribution is -0.0206. The van der Waals surface area contributed by atoms with Crippen molar-refractivity contribution in [3.63, 3.8) is 0 Å². The van der Waals surface area contributed by atoms with Crippen LogP contribution in [0, 0.1) is 0 Å². The van der Waals surface area contributed by atoms with Gasteiger partial charge in [0.1, 0.15) is 10.6 Å². The maximum absolute atomic E-state index is 12.6. The van der Waals surface area contributed by atoms with Gasteiger partial charge in [-0.25, -0.2) is 0 Å². The topological polar surface area (TPSA) is 38.8 Å². The maximum Gasteiger partial charge on any atom is 0.265 e. The molecule has 1 fully saturated rings. The Hall–Kier alpha value is -1.56. The minimum atomic E-state index is -0.0152. The van der Waals surface area contributed by atoms with Crippen molar-refractivity contribution in [2.24, 2.45) is 0 Å². The first-order valence-corrected chi connectivity index (χ1v) is 8.70. The lowest BCUT2D eigenvalue weighted by Gasteiger charge is -2.33. The third-order valence-electron chi connectivity index (χ3n) is 3.83. The summed E-state index contributed by atoms with van der Waals surface area (Å²) in [6.07, 6.45) is 0.734. The number of hydrogen-bond acceptors (Lipinski definition) is 4. The second-order valence-corrected chi connectivity index (χ2v) is 6.72. The molecule has 2 aromatic rings. The molecule has 1 aliphatic heterocycles. The van der Waals surface area contributed by atoms with E-state index in [0.717, 1.165) is 17.7 Å². The monoisotopic (exact) mass is 351 g/mol. The van der Waals surface area contributed by atoms with E-state index in [2.05, 4.69) is 0 Å². The fraction of sp³-hybridized carbons (Fsp3) is 0.353. The number of benzene rings is 1. The number of halogens is 1. The third-order valence-corrected chi connectivity index (χ3v) is 5.16. The average Bonchev–Trinajstić information content (AvgIpc) is 3.00. The Labute approximate surface area is 144 Å². The third kappa shape index (κ3) is 3.86.